The molecule has 130 valence electrons. The van der Waals surface area contributed by atoms with E-state index >= 15 is 0 Å². The summed E-state index contributed by atoms with van der Waals surface area (Å²) < 4.78 is 5.25. The van der Waals surface area contributed by atoms with Gasteiger partial charge in [0, 0.05) is 16.0 Å². The summed E-state index contributed by atoms with van der Waals surface area (Å²) in [4.78, 5) is 4.83. The van der Waals surface area contributed by atoms with E-state index in [0.717, 1.165) is 39.0 Å². The highest BCUT2D eigenvalue weighted by Crippen LogP contribution is 2.33. The first-order valence-electron chi connectivity index (χ1n) is 8.05. The lowest BCUT2D eigenvalue weighted by Crippen LogP contribution is -1.90. The van der Waals surface area contributed by atoms with Gasteiger partial charge in [0.1, 0.15) is 5.75 Å². The van der Waals surface area contributed by atoms with Gasteiger partial charge in [-0.3, -0.25) is 0 Å². The molecular formula is C22H17Cl2NO. The average Bonchev–Trinajstić information content (AvgIpc) is 2.68. The lowest BCUT2D eigenvalue weighted by atomic mass is 9.98. The number of fused-ring (bicyclic) bond motifs is 1. The molecule has 0 atom stereocenters. The molecule has 1 aromatic heterocycles. The van der Waals surface area contributed by atoms with E-state index in [2.05, 4.69) is 18.2 Å². The van der Waals surface area contributed by atoms with Crippen LogP contribution in [-0.4, -0.2) is 12.1 Å². The van der Waals surface area contributed by atoms with E-state index in [4.69, 9.17) is 21.3 Å². The molecule has 0 amide bonds. The first kappa shape index (κ1) is 18.2. The number of hydrogen-bond acceptors (Lipinski definition) is 2. The molecule has 4 rings (SSSR count). The fourth-order valence-corrected chi connectivity index (χ4v) is 3.14. The Morgan fingerprint density at radius 3 is 2.23 bits per heavy atom. The van der Waals surface area contributed by atoms with Gasteiger partial charge < -0.3 is 4.74 Å². The van der Waals surface area contributed by atoms with Crippen molar-refractivity contribution in [2.45, 2.75) is 0 Å². The molecular weight excluding hydrogens is 365 g/mol. The van der Waals surface area contributed by atoms with E-state index in [1.165, 1.54) is 0 Å². The Kier molecular flexibility index (Phi) is 5.46. The van der Waals surface area contributed by atoms with E-state index in [9.17, 15) is 0 Å². The van der Waals surface area contributed by atoms with E-state index < -0.39 is 0 Å². The van der Waals surface area contributed by atoms with Crippen LogP contribution in [0.3, 0.4) is 0 Å². The van der Waals surface area contributed by atoms with Crippen molar-refractivity contribution in [1.29, 1.82) is 0 Å². The van der Waals surface area contributed by atoms with Gasteiger partial charge in [-0.05, 0) is 59.7 Å². The molecule has 0 aliphatic rings. The maximum atomic E-state index is 6.23. The van der Waals surface area contributed by atoms with Crippen molar-refractivity contribution in [1.82, 2.24) is 4.98 Å². The van der Waals surface area contributed by atoms with Crippen LogP contribution in [0.5, 0.6) is 5.75 Å². The van der Waals surface area contributed by atoms with E-state index in [-0.39, 0.29) is 12.4 Å². The van der Waals surface area contributed by atoms with Gasteiger partial charge in [-0.25, -0.2) is 4.98 Å². The third-order valence-corrected chi connectivity index (χ3v) is 4.48. The van der Waals surface area contributed by atoms with Gasteiger partial charge in [0.25, 0.3) is 0 Å². The van der Waals surface area contributed by atoms with Crippen LogP contribution >= 0.6 is 24.0 Å². The second-order valence-corrected chi connectivity index (χ2v) is 6.25. The molecule has 26 heavy (non-hydrogen) atoms. The zero-order valence-corrected chi connectivity index (χ0v) is 15.7. The number of rotatable bonds is 3. The molecule has 0 saturated heterocycles. The number of hydrogen-bond donors (Lipinski definition) is 0. The topological polar surface area (TPSA) is 22.1 Å². The smallest absolute Gasteiger partial charge is 0.118 e. The van der Waals surface area contributed by atoms with Crippen molar-refractivity contribution in [3.8, 4) is 28.1 Å². The summed E-state index contributed by atoms with van der Waals surface area (Å²) in [5, 5.41) is 1.76. The molecule has 4 heteroatoms. The van der Waals surface area contributed by atoms with Gasteiger partial charge in [0.2, 0.25) is 0 Å². The quantitative estimate of drug-likeness (QED) is 0.396. The zero-order valence-electron chi connectivity index (χ0n) is 14.1. The summed E-state index contributed by atoms with van der Waals surface area (Å²) in [6.45, 7) is 0. The zero-order chi connectivity index (χ0) is 17.2. The number of ether oxygens (including phenoxy) is 1. The minimum atomic E-state index is 0. The normalized spacial score (nSPS) is 10.4. The molecule has 0 saturated carbocycles. The van der Waals surface area contributed by atoms with Crippen molar-refractivity contribution in [3.63, 3.8) is 0 Å². The fraction of sp³-hybridized carbons (Fsp3) is 0.0455. The molecule has 0 spiro atoms. The van der Waals surface area contributed by atoms with Crippen molar-refractivity contribution >= 4 is 34.9 Å². The van der Waals surface area contributed by atoms with Gasteiger partial charge in [0.15, 0.2) is 0 Å². The third kappa shape index (κ3) is 3.52. The molecule has 1 heterocycles. The third-order valence-electron chi connectivity index (χ3n) is 4.24. The highest BCUT2D eigenvalue weighted by Gasteiger charge is 2.10. The van der Waals surface area contributed by atoms with Crippen LogP contribution in [0.1, 0.15) is 0 Å². The average molecular weight is 382 g/mol. The number of methoxy groups -OCH3 is 1. The standard InChI is InChI=1S/C22H16ClNO.ClH/c1-25-18-10-7-16(8-11-18)22-14-19(15-5-3-2-4-6-15)20-13-17(23)9-12-21(20)24-22;/h2-14H,1H3;1H. The van der Waals surface area contributed by atoms with Crippen molar-refractivity contribution in [2.75, 3.05) is 7.11 Å². The van der Waals surface area contributed by atoms with Gasteiger partial charge in [0.05, 0.1) is 18.3 Å². The van der Waals surface area contributed by atoms with Gasteiger partial charge in [-0.2, -0.15) is 0 Å². The SMILES string of the molecule is COc1ccc(-c2cc(-c3ccccc3)c3cc(Cl)ccc3n2)cc1.Cl. The summed E-state index contributed by atoms with van der Waals surface area (Å²) in [5.74, 6) is 0.833. The molecule has 4 aromatic rings. The monoisotopic (exact) mass is 381 g/mol. The Morgan fingerprint density at radius 1 is 0.808 bits per heavy atom. The summed E-state index contributed by atoms with van der Waals surface area (Å²) in [5.41, 5.74) is 5.17. The molecule has 0 aliphatic heterocycles. The second kappa shape index (κ2) is 7.77. The first-order valence-corrected chi connectivity index (χ1v) is 8.42. The molecule has 0 bridgehead atoms. The van der Waals surface area contributed by atoms with Crippen molar-refractivity contribution < 1.29 is 4.74 Å². The predicted molar refractivity (Wildman–Crippen MR) is 111 cm³/mol. The molecule has 2 nitrogen and oxygen atoms in total. The first-order chi connectivity index (χ1) is 12.2. The molecule has 0 unspecified atom stereocenters. The lowest BCUT2D eigenvalue weighted by Gasteiger charge is -2.11. The van der Waals surface area contributed by atoms with E-state index in [0.29, 0.717) is 5.02 Å². The minimum Gasteiger partial charge on any atom is -0.497 e. The van der Waals surface area contributed by atoms with E-state index in [1.54, 1.807) is 7.11 Å². The van der Waals surface area contributed by atoms with E-state index in [1.807, 2.05) is 60.7 Å². The highest BCUT2D eigenvalue weighted by atomic mass is 35.5. The summed E-state index contributed by atoms with van der Waals surface area (Å²) in [6.07, 6.45) is 0. The molecule has 0 aliphatic carbocycles. The summed E-state index contributed by atoms with van der Waals surface area (Å²) in [6, 6.07) is 26.2. The summed E-state index contributed by atoms with van der Waals surface area (Å²) in [7, 11) is 1.67. The second-order valence-electron chi connectivity index (χ2n) is 5.81. The van der Waals surface area contributed by atoms with Gasteiger partial charge >= 0.3 is 0 Å². The highest BCUT2D eigenvalue weighted by molar-refractivity contribution is 6.31. The maximum Gasteiger partial charge on any atom is 0.118 e. The van der Waals surface area contributed by atoms with Crippen LogP contribution in [0.25, 0.3) is 33.3 Å². The molecule has 0 radical (unpaired) electrons. The minimum absolute atomic E-state index is 0. The van der Waals surface area contributed by atoms with Crippen molar-refractivity contribution in [2.24, 2.45) is 0 Å². The molecule has 0 fully saturated rings. The lowest BCUT2D eigenvalue weighted by molar-refractivity contribution is 0.415. The number of pyridine rings is 1. The van der Waals surface area contributed by atoms with Crippen LogP contribution in [0.2, 0.25) is 5.02 Å². The van der Waals surface area contributed by atoms with Crippen LogP contribution in [-0.2, 0) is 0 Å². The number of aromatic nitrogens is 1. The van der Waals surface area contributed by atoms with Gasteiger partial charge in [-0.1, -0.05) is 41.9 Å². The van der Waals surface area contributed by atoms with Crippen LogP contribution < -0.4 is 4.74 Å². The Morgan fingerprint density at radius 2 is 1.54 bits per heavy atom. The molecule has 3 aromatic carbocycles. The number of halogens is 2. The fourth-order valence-electron chi connectivity index (χ4n) is 2.96. The summed E-state index contributed by atoms with van der Waals surface area (Å²) >= 11 is 6.23. The van der Waals surface area contributed by atoms with Gasteiger partial charge in [-0.15, -0.1) is 12.4 Å². The maximum absolute atomic E-state index is 6.23. The Labute approximate surface area is 163 Å². The number of nitrogens with zero attached hydrogens (tertiary/aromatic N) is 1. The van der Waals surface area contributed by atoms with Crippen LogP contribution in [0, 0.1) is 0 Å². The Balaban J connectivity index is 0.00000196. The van der Waals surface area contributed by atoms with Crippen LogP contribution in [0.4, 0.5) is 0 Å². The Hall–Kier alpha value is -2.55. The predicted octanol–water partition coefficient (Wildman–Crippen LogP) is 6.65. The Bertz CT molecular complexity index is 1030. The number of benzene rings is 3. The molecule has 0 N–H and O–H groups in total. The van der Waals surface area contributed by atoms with Crippen LogP contribution in [0.15, 0.2) is 78.9 Å². The largest absolute Gasteiger partial charge is 0.497 e. The van der Waals surface area contributed by atoms with Crippen molar-refractivity contribution in [3.05, 3.63) is 83.9 Å².